The summed E-state index contributed by atoms with van der Waals surface area (Å²) in [6.45, 7) is 1.22. The van der Waals surface area contributed by atoms with E-state index >= 15 is 0 Å². The van der Waals surface area contributed by atoms with E-state index in [-0.39, 0.29) is 11.5 Å². The molecule has 0 radical (unpaired) electrons. The van der Waals surface area contributed by atoms with E-state index in [1.54, 1.807) is 0 Å². The van der Waals surface area contributed by atoms with Gasteiger partial charge in [0, 0.05) is 17.9 Å². The molecule has 1 heterocycles. The molecule has 16 heavy (non-hydrogen) atoms. The first-order valence-electron chi connectivity index (χ1n) is 4.45. The molecular formula is C9H11NO6. The smallest absolute Gasteiger partial charge is 0.243 e. The second-order valence-corrected chi connectivity index (χ2v) is 3.19. The molecule has 1 N–H and O–H groups in total. The van der Waals surface area contributed by atoms with Crippen LogP contribution in [-0.4, -0.2) is 23.2 Å². The molecule has 0 saturated heterocycles. The van der Waals surface area contributed by atoms with Gasteiger partial charge in [-0.05, 0) is 0 Å². The summed E-state index contributed by atoms with van der Waals surface area (Å²) in [5, 5.41) is 20.0. The number of ether oxygens (including phenoxy) is 1. The molecule has 0 unspecified atom stereocenters. The minimum atomic E-state index is -1.46. The normalized spacial score (nSPS) is 14.2. The topological polar surface area (TPSA) is 103 Å². The Balaban J connectivity index is 3.02. The van der Waals surface area contributed by atoms with Crippen molar-refractivity contribution in [3.8, 4) is 5.75 Å². The van der Waals surface area contributed by atoms with E-state index in [0.717, 1.165) is 12.3 Å². The standard InChI is InChI=1S/C9H11NO6/c1-5(10(13)14)9(12)7-3-6(11)8(15-2)4-16-7/h3-5,9,12H,1-2H3/t5-,9+/m1/s1. The van der Waals surface area contributed by atoms with Gasteiger partial charge in [0.05, 0.1) is 7.11 Å². The monoisotopic (exact) mass is 229 g/mol. The van der Waals surface area contributed by atoms with Gasteiger partial charge in [-0.1, -0.05) is 0 Å². The average Bonchev–Trinajstić information content (AvgIpc) is 2.26. The Morgan fingerprint density at radius 3 is 2.69 bits per heavy atom. The maximum absolute atomic E-state index is 11.3. The third kappa shape index (κ3) is 2.37. The lowest BCUT2D eigenvalue weighted by molar-refractivity contribution is -0.531. The quantitative estimate of drug-likeness (QED) is 0.590. The van der Waals surface area contributed by atoms with Gasteiger partial charge in [-0.25, -0.2) is 0 Å². The van der Waals surface area contributed by atoms with Crippen LogP contribution in [0.25, 0.3) is 0 Å². The Labute approximate surface area is 90.4 Å². The molecular weight excluding hydrogens is 218 g/mol. The van der Waals surface area contributed by atoms with Crippen LogP contribution in [0.3, 0.4) is 0 Å². The van der Waals surface area contributed by atoms with Crippen LogP contribution in [0.15, 0.2) is 21.5 Å². The van der Waals surface area contributed by atoms with Crippen LogP contribution in [0.5, 0.6) is 5.75 Å². The molecule has 0 spiro atoms. The van der Waals surface area contributed by atoms with Crippen molar-refractivity contribution in [1.82, 2.24) is 0 Å². The molecule has 0 saturated carbocycles. The highest BCUT2D eigenvalue weighted by Gasteiger charge is 2.28. The molecule has 0 amide bonds. The average molecular weight is 229 g/mol. The summed E-state index contributed by atoms with van der Waals surface area (Å²) in [4.78, 5) is 21.1. The Hall–Kier alpha value is -1.89. The first kappa shape index (κ1) is 12.2. The summed E-state index contributed by atoms with van der Waals surface area (Å²) in [6.07, 6.45) is -0.457. The van der Waals surface area contributed by atoms with E-state index in [0.29, 0.717) is 0 Å². The fourth-order valence-electron chi connectivity index (χ4n) is 1.07. The SMILES string of the molecule is COc1coc([C@@H](O)[C@@H](C)[N+](=O)[O-])cc1=O. The maximum atomic E-state index is 11.3. The first-order chi connectivity index (χ1) is 7.47. The van der Waals surface area contributed by atoms with Gasteiger partial charge in [0.1, 0.15) is 12.0 Å². The van der Waals surface area contributed by atoms with Gasteiger partial charge in [0.25, 0.3) is 0 Å². The van der Waals surface area contributed by atoms with E-state index in [4.69, 9.17) is 4.42 Å². The van der Waals surface area contributed by atoms with E-state index in [1.807, 2.05) is 0 Å². The Kier molecular flexibility index (Phi) is 3.62. The second kappa shape index (κ2) is 4.75. The molecule has 0 fully saturated rings. The van der Waals surface area contributed by atoms with Crippen molar-refractivity contribution in [3.63, 3.8) is 0 Å². The van der Waals surface area contributed by atoms with E-state index < -0.39 is 22.5 Å². The molecule has 1 aromatic rings. The largest absolute Gasteiger partial charge is 0.490 e. The van der Waals surface area contributed by atoms with Crippen molar-refractivity contribution in [3.05, 3.63) is 38.4 Å². The van der Waals surface area contributed by atoms with Crippen molar-refractivity contribution in [2.45, 2.75) is 19.1 Å². The van der Waals surface area contributed by atoms with Crippen LogP contribution >= 0.6 is 0 Å². The number of nitro groups is 1. The molecule has 0 aliphatic heterocycles. The van der Waals surface area contributed by atoms with Crippen LogP contribution in [0.2, 0.25) is 0 Å². The molecule has 1 rings (SSSR count). The van der Waals surface area contributed by atoms with Gasteiger partial charge in [-0.3, -0.25) is 14.9 Å². The Morgan fingerprint density at radius 1 is 1.62 bits per heavy atom. The number of aliphatic hydroxyl groups is 1. The zero-order chi connectivity index (χ0) is 12.3. The lowest BCUT2D eigenvalue weighted by Crippen LogP contribution is -2.24. The fourth-order valence-corrected chi connectivity index (χ4v) is 1.07. The van der Waals surface area contributed by atoms with Crippen molar-refractivity contribution in [1.29, 1.82) is 0 Å². The van der Waals surface area contributed by atoms with Crippen molar-refractivity contribution in [2.24, 2.45) is 0 Å². The summed E-state index contributed by atoms with van der Waals surface area (Å²) in [6, 6.07) is -0.278. The third-order valence-electron chi connectivity index (χ3n) is 2.12. The molecule has 88 valence electrons. The molecule has 1 aromatic heterocycles. The highest BCUT2D eigenvalue weighted by atomic mass is 16.6. The van der Waals surface area contributed by atoms with Gasteiger partial charge >= 0.3 is 0 Å². The van der Waals surface area contributed by atoms with Gasteiger partial charge < -0.3 is 14.3 Å². The van der Waals surface area contributed by atoms with Crippen LogP contribution < -0.4 is 10.2 Å². The number of hydrogen-bond donors (Lipinski definition) is 1. The second-order valence-electron chi connectivity index (χ2n) is 3.19. The number of nitrogens with zero attached hydrogens (tertiary/aromatic N) is 1. The van der Waals surface area contributed by atoms with Crippen molar-refractivity contribution < 1.29 is 19.2 Å². The van der Waals surface area contributed by atoms with Crippen molar-refractivity contribution >= 4 is 0 Å². The van der Waals surface area contributed by atoms with Crippen LogP contribution in [0, 0.1) is 10.1 Å². The van der Waals surface area contributed by atoms with Gasteiger partial charge in [0.15, 0.2) is 6.10 Å². The van der Waals surface area contributed by atoms with Crippen LogP contribution in [0.4, 0.5) is 0 Å². The Morgan fingerprint density at radius 2 is 2.25 bits per heavy atom. The third-order valence-corrected chi connectivity index (χ3v) is 2.12. The van der Waals surface area contributed by atoms with Crippen LogP contribution in [0.1, 0.15) is 18.8 Å². The molecule has 7 heteroatoms. The summed E-state index contributed by atoms with van der Waals surface area (Å²) in [5.41, 5.74) is -0.502. The van der Waals surface area contributed by atoms with Gasteiger partial charge in [0.2, 0.25) is 17.2 Å². The van der Waals surface area contributed by atoms with E-state index in [9.17, 15) is 20.0 Å². The predicted molar refractivity (Wildman–Crippen MR) is 52.9 cm³/mol. The minimum Gasteiger partial charge on any atom is -0.490 e. The number of rotatable bonds is 4. The highest BCUT2D eigenvalue weighted by molar-refractivity contribution is 5.18. The lowest BCUT2D eigenvalue weighted by atomic mass is 10.1. The zero-order valence-corrected chi connectivity index (χ0v) is 8.75. The predicted octanol–water partition coefficient (Wildman–Crippen LogP) is 0.347. The van der Waals surface area contributed by atoms with Gasteiger partial charge in [-0.15, -0.1) is 0 Å². The highest BCUT2D eigenvalue weighted by Crippen LogP contribution is 2.18. The maximum Gasteiger partial charge on any atom is 0.243 e. The molecule has 0 aliphatic carbocycles. The van der Waals surface area contributed by atoms with Gasteiger partial charge in [-0.2, -0.15) is 0 Å². The number of methoxy groups -OCH3 is 1. The number of aliphatic hydroxyl groups excluding tert-OH is 1. The molecule has 7 nitrogen and oxygen atoms in total. The summed E-state index contributed by atoms with van der Waals surface area (Å²) >= 11 is 0. The molecule has 0 aliphatic rings. The zero-order valence-electron chi connectivity index (χ0n) is 8.75. The fraction of sp³-hybridized carbons (Fsp3) is 0.444. The van der Waals surface area contributed by atoms with Crippen molar-refractivity contribution in [2.75, 3.05) is 7.11 Å². The van der Waals surface area contributed by atoms with E-state index in [2.05, 4.69) is 4.74 Å². The number of hydrogen-bond acceptors (Lipinski definition) is 6. The van der Waals surface area contributed by atoms with E-state index in [1.165, 1.54) is 14.0 Å². The lowest BCUT2D eigenvalue weighted by Gasteiger charge is -2.10. The summed E-state index contributed by atoms with van der Waals surface area (Å²) < 4.78 is 9.55. The molecule has 0 bridgehead atoms. The molecule has 0 aromatic carbocycles. The first-order valence-corrected chi connectivity index (χ1v) is 4.45. The molecule has 2 atom stereocenters. The minimum absolute atomic E-state index is 0.0234. The Bertz CT molecular complexity index is 440. The summed E-state index contributed by atoms with van der Waals surface area (Å²) in [7, 11) is 1.29. The van der Waals surface area contributed by atoms with Crippen LogP contribution in [-0.2, 0) is 0 Å². The summed E-state index contributed by atoms with van der Waals surface area (Å²) in [5.74, 6) is -0.181.